The Bertz CT molecular complexity index is 1330. The molecule has 12 heteroatoms. The maximum atomic E-state index is 13.9. The standard InChI is InChI=1S/C25H28FN3O6S2/c1-34-12-35-10-16-11-36-24-22(16)37(32,33)28-23(27-24)19-21(30)18-14-4-5-15(8-14)20(18)29(25(19)31)9-13-2-6-17(26)7-3-13/h2-3,6-7,14-16,18,20,30H,4-5,8-12H2,1H3,(H,27,28)/t14-,15+,16?,18?,20?/m0/s1. The predicted octanol–water partition coefficient (Wildman–Crippen LogP) is 2.88. The van der Waals surface area contributed by atoms with Crippen molar-refractivity contribution in [1.82, 2.24) is 10.2 Å². The Morgan fingerprint density at radius 1 is 1.24 bits per heavy atom. The van der Waals surface area contributed by atoms with Crippen molar-refractivity contribution in [2.75, 3.05) is 26.3 Å². The second-order valence-corrected chi connectivity index (χ2v) is 12.8. The fourth-order valence-corrected chi connectivity index (χ4v) is 9.62. The molecule has 1 aromatic carbocycles. The van der Waals surface area contributed by atoms with Crippen LogP contribution < -0.4 is 5.32 Å². The van der Waals surface area contributed by atoms with Crippen molar-refractivity contribution in [3.8, 4) is 0 Å². The van der Waals surface area contributed by atoms with Crippen molar-refractivity contribution >= 4 is 33.5 Å². The number of methoxy groups -OCH3 is 1. The molecule has 2 fully saturated rings. The van der Waals surface area contributed by atoms with Crippen molar-refractivity contribution < 1.29 is 32.2 Å². The van der Waals surface area contributed by atoms with Crippen LogP contribution in [-0.2, 0) is 30.8 Å². The molecule has 0 aromatic heterocycles. The summed E-state index contributed by atoms with van der Waals surface area (Å²) in [6, 6.07) is 5.81. The number of benzene rings is 1. The quantitative estimate of drug-likeness (QED) is 0.394. The number of carbonyl (C=O) groups excluding carboxylic acids is 1. The molecule has 5 aliphatic rings. The van der Waals surface area contributed by atoms with Crippen LogP contribution in [0.25, 0.3) is 0 Å². The van der Waals surface area contributed by atoms with Crippen molar-refractivity contribution in [2.45, 2.75) is 31.8 Å². The zero-order valence-corrected chi connectivity index (χ0v) is 21.9. The highest BCUT2D eigenvalue weighted by atomic mass is 32.2. The summed E-state index contributed by atoms with van der Waals surface area (Å²) in [6.45, 7) is 0.453. The summed E-state index contributed by atoms with van der Waals surface area (Å²) >= 11 is 1.32. The SMILES string of the molecule is COCOCC1CSC2=C1S(=O)(=O)N=C(C1=C(O)C3C([C@@H]4CC[C@H]3C4)N(Cc3ccc(F)cc3)C1=O)N2. The summed E-state index contributed by atoms with van der Waals surface area (Å²) in [6.07, 6.45) is 2.84. The third-order valence-corrected chi connectivity index (χ3v) is 10.9. The molecular formula is C25H28FN3O6S2. The molecule has 3 aliphatic heterocycles. The maximum Gasteiger partial charge on any atom is 0.283 e. The van der Waals surface area contributed by atoms with E-state index in [1.165, 1.54) is 31.0 Å². The van der Waals surface area contributed by atoms with E-state index in [1.807, 2.05) is 0 Å². The summed E-state index contributed by atoms with van der Waals surface area (Å²) in [4.78, 5) is 15.8. The van der Waals surface area contributed by atoms with E-state index in [0.717, 1.165) is 24.8 Å². The number of hydrogen-bond acceptors (Lipinski definition) is 8. The fourth-order valence-electron chi connectivity index (χ4n) is 6.58. The van der Waals surface area contributed by atoms with Crippen molar-refractivity contribution in [3.63, 3.8) is 0 Å². The summed E-state index contributed by atoms with van der Waals surface area (Å²) in [7, 11) is -2.61. The monoisotopic (exact) mass is 549 g/mol. The molecule has 2 bridgehead atoms. The number of hydrogen-bond donors (Lipinski definition) is 2. The van der Waals surface area contributed by atoms with E-state index in [4.69, 9.17) is 9.47 Å². The number of aliphatic hydroxyl groups is 1. The topological polar surface area (TPSA) is 118 Å². The first-order chi connectivity index (χ1) is 17.8. The van der Waals surface area contributed by atoms with Crippen LogP contribution in [0.5, 0.6) is 0 Å². The van der Waals surface area contributed by atoms with E-state index < -0.39 is 21.8 Å². The number of nitrogens with zero attached hydrogens (tertiary/aromatic N) is 2. The largest absolute Gasteiger partial charge is 0.511 e. The zero-order chi connectivity index (χ0) is 25.9. The number of ether oxygens (including phenoxy) is 2. The third kappa shape index (κ3) is 4.18. The van der Waals surface area contributed by atoms with Gasteiger partial charge in [-0.3, -0.25) is 4.79 Å². The van der Waals surface area contributed by atoms with E-state index in [0.29, 0.717) is 10.8 Å². The summed E-state index contributed by atoms with van der Waals surface area (Å²) in [5, 5.41) is 14.9. The number of carbonyl (C=O) groups is 1. The van der Waals surface area contributed by atoms with Gasteiger partial charge in [-0.1, -0.05) is 12.1 Å². The minimum Gasteiger partial charge on any atom is -0.511 e. The van der Waals surface area contributed by atoms with Gasteiger partial charge in [-0.25, -0.2) is 4.39 Å². The molecule has 2 aliphatic carbocycles. The molecule has 1 aromatic rings. The van der Waals surface area contributed by atoms with Gasteiger partial charge < -0.3 is 24.8 Å². The number of sulfonamides is 1. The van der Waals surface area contributed by atoms with Gasteiger partial charge in [0.25, 0.3) is 15.9 Å². The molecule has 0 spiro atoms. The molecular weight excluding hydrogens is 521 g/mol. The molecule has 6 rings (SSSR count). The summed E-state index contributed by atoms with van der Waals surface area (Å²) < 4.78 is 54.4. The zero-order valence-electron chi connectivity index (χ0n) is 20.2. The van der Waals surface area contributed by atoms with E-state index in [2.05, 4.69) is 9.71 Å². The van der Waals surface area contributed by atoms with Crippen LogP contribution in [0.2, 0.25) is 0 Å². The third-order valence-electron chi connectivity index (χ3n) is 8.05. The lowest BCUT2D eigenvalue weighted by atomic mass is 9.77. The Morgan fingerprint density at radius 2 is 2.00 bits per heavy atom. The molecule has 5 atom stereocenters. The van der Waals surface area contributed by atoms with Crippen molar-refractivity contribution in [2.24, 2.45) is 28.1 Å². The number of aliphatic hydroxyl groups excluding tert-OH is 1. The number of nitrogens with one attached hydrogen (secondary N) is 1. The number of fused-ring (bicyclic) bond motifs is 5. The van der Waals surface area contributed by atoms with Crippen LogP contribution in [0.4, 0.5) is 4.39 Å². The van der Waals surface area contributed by atoms with Crippen LogP contribution in [0.1, 0.15) is 24.8 Å². The van der Waals surface area contributed by atoms with Gasteiger partial charge >= 0.3 is 0 Å². The van der Waals surface area contributed by atoms with E-state index in [1.54, 1.807) is 17.0 Å². The van der Waals surface area contributed by atoms with Crippen LogP contribution in [-0.4, -0.2) is 62.5 Å². The van der Waals surface area contributed by atoms with E-state index in [9.17, 15) is 22.7 Å². The lowest BCUT2D eigenvalue weighted by Crippen LogP contribution is -2.54. The maximum absolute atomic E-state index is 13.9. The second-order valence-electron chi connectivity index (χ2n) is 10.2. The van der Waals surface area contributed by atoms with Crippen LogP contribution in [0, 0.1) is 29.5 Å². The van der Waals surface area contributed by atoms with Crippen molar-refractivity contribution in [3.05, 3.63) is 56.9 Å². The number of halogens is 1. The van der Waals surface area contributed by atoms with Gasteiger partial charge in [0.2, 0.25) is 0 Å². The molecule has 0 radical (unpaired) electrons. The molecule has 0 saturated heterocycles. The number of amides is 1. The molecule has 198 valence electrons. The predicted molar refractivity (Wildman–Crippen MR) is 135 cm³/mol. The average Bonchev–Trinajstić information content (AvgIpc) is 3.58. The molecule has 2 N–H and O–H groups in total. The minimum absolute atomic E-state index is 0.0512. The van der Waals surface area contributed by atoms with E-state index >= 15 is 0 Å². The Balaban J connectivity index is 1.35. The first-order valence-corrected chi connectivity index (χ1v) is 14.8. The van der Waals surface area contributed by atoms with Gasteiger partial charge in [-0.2, -0.15) is 8.42 Å². The lowest BCUT2D eigenvalue weighted by molar-refractivity contribution is -0.134. The highest BCUT2D eigenvalue weighted by Crippen LogP contribution is 2.55. The molecule has 1 amide bonds. The molecule has 3 unspecified atom stereocenters. The number of thioether (sulfide) groups is 1. The average molecular weight is 550 g/mol. The van der Waals surface area contributed by atoms with Gasteiger partial charge in [0, 0.05) is 37.3 Å². The number of amidine groups is 1. The summed E-state index contributed by atoms with van der Waals surface area (Å²) in [5.41, 5.74) is 0.671. The van der Waals surface area contributed by atoms with Gasteiger partial charge in [0.15, 0.2) is 5.84 Å². The molecule has 3 heterocycles. The fraction of sp³-hybridized carbons (Fsp3) is 0.520. The number of rotatable bonds is 7. The Labute approximate surface area is 218 Å². The molecule has 9 nitrogen and oxygen atoms in total. The Morgan fingerprint density at radius 3 is 2.76 bits per heavy atom. The first kappa shape index (κ1) is 24.9. The smallest absolute Gasteiger partial charge is 0.283 e. The normalized spacial score (nSPS) is 31.9. The van der Waals surface area contributed by atoms with Gasteiger partial charge in [0.1, 0.15) is 28.8 Å². The summed E-state index contributed by atoms with van der Waals surface area (Å²) in [5.74, 6) is -0.762. The van der Waals surface area contributed by atoms with Gasteiger partial charge in [0.05, 0.1) is 11.6 Å². The van der Waals surface area contributed by atoms with E-state index in [-0.39, 0.29) is 71.6 Å². The molecule has 37 heavy (non-hydrogen) atoms. The highest BCUT2D eigenvalue weighted by molar-refractivity contribution is 8.05. The Hall–Kier alpha value is -2.41. The Kier molecular flexibility index (Phi) is 6.33. The van der Waals surface area contributed by atoms with Crippen LogP contribution in [0.3, 0.4) is 0 Å². The first-order valence-electron chi connectivity index (χ1n) is 12.3. The molecule has 2 saturated carbocycles. The minimum atomic E-state index is -4.10. The highest BCUT2D eigenvalue weighted by Gasteiger charge is 2.57. The van der Waals surface area contributed by atoms with Gasteiger partial charge in [-0.15, -0.1) is 16.2 Å². The second kappa shape index (κ2) is 9.40. The van der Waals surface area contributed by atoms with Gasteiger partial charge in [-0.05, 0) is 48.8 Å². The van der Waals surface area contributed by atoms with Crippen LogP contribution in [0.15, 0.2) is 49.9 Å². The lowest BCUT2D eigenvalue weighted by Gasteiger charge is -2.44. The van der Waals surface area contributed by atoms with Crippen LogP contribution >= 0.6 is 11.8 Å². The van der Waals surface area contributed by atoms with Crippen molar-refractivity contribution in [1.29, 1.82) is 0 Å².